The molecular weight excluding hydrogens is 207 g/mol. The van der Waals surface area contributed by atoms with Crippen molar-refractivity contribution in [3.05, 3.63) is 0 Å². The number of carbonyl (C=O) groups is 1. The topological polar surface area (TPSA) is 38.3 Å². The first kappa shape index (κ1) is 12.4. The van der Waals surface area contributed by atoms with Gasteiger partial charge in [0.1, 0.15) is 0 Å². The van der Waals surface area contributed by atoms with Gasteiger partial charge in [0.15, 0.2) is 6.61 Å². The van der Waals surface area contributed by atoms with Crippen molar-refractivity contribution in [2.75, 3.05) is 25.2 Å². The van der Waals surface area contributed by atoms with E-state index in [1.807, 2.05) is 6.26 Å². The van der Waals surface area contributed by atoms with Crippen LogP contribution in [-0.4, -0.2) is 37.4 Å². The molecule has 0 aromatic rings. The van der Waals surface area contributed by atoms with Crippen molar-refractivity contribution in [1.82, 2.24) is 5.32 Å². The standard InChI is InChI=1S/C6H10F3NO2S/c1-13-3-2-10-5(11)12-4-6(7,8)9/h2-4H2,1H3,(H,10,11). The molecule has 0 aromatic carbocycles. The number of halogens is 3. The third-order valence-electron chi connectivity index (χ3n) is 0.942. The Kier molecular flexibility index (Phi) is 5.68. The van der Waals surface area contributed by atoms with Crippen LogP contribution in [-0.2, 0) is 4.74 Å². The van der Waals surface area contributed by atoms with Gasteiger partial charge in [0.05, 0.1) is 0 Å². The number of alkyl halides is 3. The molecule has 0 saturated heterocycles. The predicted molar refractivity (Wildman–Crippen MR) is 43.8 cm³/mol. The zero-order chi connectivity index (χ0) is 10.3. The summed E-state index contributed by atoms with van der Waals surface area (Å²) < 4.78 is 38.4. The predicted octanol–water partition coefficient (Wildman–Crippen LogP) is 1.64. The van der Waals surface area contributed by atoms with Crippen molar-refractivity contribution in [2.45, 2.75) is 6.18 Å². The quantitative estimate of drug-likeness (QED) is 0.727. The van der Waals surface area contributed by atoms with Gasteiger partial charge in [-0.2, -0.15) is 24.9 Å². The SMILES string of the molecule is CSCCNC(=O)OCC(F)(F)F. The minimum atomic E-state index is -4.46. The van der Waals surface area contributed by atoms with Crippen LogP contribution < -0.4 is 5.32 Å². The molecule has 0 aromatic heterocycles. The lowest BCUT2D eigenvalue weighted by atomic mass is 10.7. The van der Waals surface area contributed by atoms with E-state index in [0.29, 0.717) is 12.3 Å². The molecule has 1 amide bonds. The number of alkyl carbamates (subject to hydrolysis) is 1. The molecule has 1 N–H and O–H groups in total. The molecule has 3 nitrogen and oxygen atoms in total. The number of nitrogens with one attached hydrogen (secondary N) is 1. The summed E-state index contributed by atoms with van der Waals surface area (Å²) in [4.78, 5) is 10.5. The van der Waals surface area contributed by atoms with Crippen molar-refractivity contribution < 1.29 is 22.7 Å². The van der Waals surface area contributed by atoms with Crippen molar-refractivity contribution in [1.29, 1.82) is 0 Å². The van der Waals surface area contributed by atoms with Gasteiger partial charge in [-0.25, -0.2) is 4.79 Å². The van der Waals surface area contributed by atoms with Crippen LogP contribution in [0.4, 0.5) is 18.0 Å². The van der Waals surface area contributed by atoms with E-state index in [-0.39, 0.29) is 0 Å². The molecule has 78 valence electrons. The summed E-state index contributed by atoms with van der Waals surface area (Å²) >= 11 is 1.47. The van der Waals surface area contributed by atoms with E-state index in [0.717, 1.165) is 0 Å². The average Bonchev–Trinajstić information content (AvgIpc) is 2.00. The van der Waals surface area contributed by atoms with E-state index in [9.17, 15) is 18.0 Å². The molecule has 0 bridgehead atoms. The lowest BCUT2D eigenvalue weighted by molar-refractivity contribution is -0.160. The van der Waals surface area contributed by atoms with Crippen LogP contribution in [0.3, 0.4) is 0 Å². The zero-order valence-electron chi connectivity index (χ0n) is 6.98. The van der Waals surface area contributed by atoms with Gasteiger partial charge in [0, 0.05) is 12.3 Å². The molecule has 7 heteroatoms. The first-order valence-electron chi connectivity index (χ1n) is 3.42. The van der Waals surface area contributed by atoms with Gasteiger partial charge in [-0.05, 0) is 6.26 Å². The number of rotatable bonds is 4. The minimum Gasteiger partial charge on any atom is -0.440 e. The van der Waals surface area contributed by atoms with Crippen molar-refractivity contribution in [3.63, 3.8) is 0 Å². The molecule has 0 rings (SSSR count). The van der Waals surface area contributed by atoms with E-state index in [1.165, 1.54) is 11.8 Å². The molecule has 0 aliphatic heterocycles. The Bertz CT molecular complexity index is 162. The van der Waals surface area contributed by atoms with Crippen molar-refractivity contribution >= 4 is 17.9 Å². The van der Waals surface area contributed by atoms with Crippen molar-refractivity contribution in [2.24, 2.45) is 0 Å². The fraction of sp³-hybridized carbons (Fsp3) is 0.833. The second-order valence-corrected chi connectivity index (χ2v) is 3.10. The van der Waals surface area contributed by atoms with Gasteiger partial charge >= 0.3 is 12.3 Å². The Morgan fingerprint density at radius 1 is 1.54 bits per heavy atom. The maximum absolute atomic E-state index is 11.5. The minimum absolute atomic E-state index is 0.303. The summed E-state index contributed by atoms with van der Waals surface area (Å²) in [5, 5.41) is 2.17. The van der Waals surface area contributed by atoms with E-state index >= 15 is 0 Å². The van der Waals surface area contributed by atoms with Crippen LogP contribution in [0.25, 0.3) is 0 Å². The molecule has 0 spiro atoms. The normalized spacial score (nSPS) is 11.1. The van der Waals surface area contributed by atoms with Gasteiger partial charge in [-0.15, -0.1) is 0 Å². The van der Waals surface area contributed by atoms with E-state index in [4.69, 9.17) is 0 Å². The number of amides is 1. The highest BCUT2D eigenvalue weighted by Crippen LogP contribution is 2.14. The molecule has 0 atom stereocenters. The Hall–Kier alpha value is -0.590. The van der Waals surface area contributed by atoms with Gasteiger partial charge in [-0.3, -0.25) is 0 Å². The van der Waals surface area contributed by atoms with Gasteiger partial charge in [0.2, 0.25) is 0 Å². The van der Waals surface area contributed by atoms with Crippen LogP contribution in [0.1, 0.15) is 0 Å². The van der Waals surface area contributed by atoms with Crippen LogP contribution >= 0.6 is 11.8 Å². The summed E-state index contributed by atoms with van der Waals surface area (Å²) in [7, 11) is 0. The van der Waals surface area contributed by atoms with Crippen LogP contribution in [0.2, 0.25) is 0 Å². The van der Waals surface area contributed by atoms with Crippen LogP contribution in [0, 0.1) is 0 Å². The highest BCUT2D eigenvalue weighted by atomic mass is 32.2. The monoisotopic (exact) mass is 217 g/mol. The average molecular weight is 217 g/mol. The molecule has 0 radical (unpaired) electrons. The number of thioether (sulfide) groups is 1. The molecule has 0 aliphatic rings. The van der Waals surface area contributed by atoms with E-state index in [2.05, 4.69) is 10.1 Å². The molecule has 0 unspecified atom stereocenters. The third-order valence-corrected chi connectivity index (χ3v) is 1.55. The largest absolute Gasteiger partial charge is 0.440 e. The number of ether oxygens (including phenoxy) is 1. The number of hydrogen-bond donors (Lipinski definition) is 1. The molecule has 0 saturated carbocycles. The second kappa shape index (κ2) is 5.95. The van der Waals surface area contributed by atoms with Crippen LogP contribution in [0.5, 0.6) is 0 Å². The highest BCUT2D eigenvalue weighted by Gasteiger charge is 2.29. The van der Waals surface area contributed by atoms with Gasteiger partial charge < -0.3 is 10.1 Å². The lowest BCUT2D eigenvalue weighted by Crippen LogP contribution is -2.30. The fourth-order valence-corrected chi connectivity index (χ4v) is 0.760. The summed E-state index contributed by atoms with van der Waals surface area (Å²) in [6.45, 7) is -1.24. The number of hydrogen-bond acceptors (Lipinski definition) is 3. The highest BCUT2D eigenvalue weighted by molar-refractivity contribution is 7.98. The zero-order valence-corrected chi connectivity index (χ0v) is 7.80. The molecule has 0 fully saturated rings. The summed E-state index contributed by atoms with van der Waals surface area (Å²) in [5.41, 5.74) is 0. The lowest BCUT2D eigenvalue weighted by Gasteiger charge is -2.08. The Labute approximate surface area is 78.0 Å². The third kappa shape index (κ3) is 9.32. The van der Waals surface area contributed by atoms with Crippen molar-refractivity contribution in [3.8, 4) is 0 Å². The maximum Gasteiger partial charge on any atom is 0.422 e. The smallest absolute Gasteiger partial charge is 0.422 e. The summed E-state index contributed by atoms with van der Waals surface area (Å²) in [5.74, 6) is 0.640. The summed E-state index contributed by atoms with van der Waals surface area (Å²) in [6.07, 6.45) is -3.68. The number of carbonyl (C=O) groups excluding carboxylic acids is 1. The van der Waals surface area contributed by atoms with Crippen LogP contribution in [0.15, 0.2) is 0 Å². The first-order chi connectivity index (χ1) is 5.95. The Morgan fingerprint density at radius 3 is 2.62 bits per heavy atom. The molecule has 13 heavy (non-hydrogen) atoms. The van der Waals surface area contributed by atoms with E-state index in [1.54, 1.807) is 0 Å². The van der Waals surface area contributed by atoms with Gasteiger partial charge in [0.25, 0.3) is 0 Å². The molecule has 0 heterocycles. The first-order valence-corrected chi connectivity index (χ1v) is 4.81. The second-order valence-electron chi connectivity index (χ2n) is 2.11. The fourth-order valence-electron chi connectivity index (χ4n) is 0.454. The Morgan fingerprint density at radius 2 is 2.15 bits per heavy atom. The summed E-state index contributed by atoms with van der Waals surface area (Å²) in [6, 6.07) is 0. The molecule has 0 aliphatic carbocycles. The maximum atomic E-state index is 11.5. The Balaban J connectivity index is 3.41. The van der Waals surface area contributed by atoms with Gasteiger partial charge in [-0.1, -0.05) is 0 Å². The van der Waals surface area contributed by atoms with E-state index < -0.39 is 18.9 Å². The molecular formula is C6H10F3NO2S.